The summed E-state index contributed by atoms with van der Waals surface area (Å²) in [6.45, 7) is 0.916. The zero-order valence-corrected chi connectivity index (χ0v) is 16.4. The van der Waals surface area contributed by atoms with Crippen LogP contribution in [0.2, 0.25) is 0 Å². The second-order valence-corrected chi connectivity index (χ2v) is 8.01. The van der Waals surface area contributed by atoms with E-state index >= 15 is 0 Å². The summed E-state index contributed by atoms with van der Waals surface area (Å²) in [5.74, 6) is 1.93. The minimum absolute atomic E-state index is 0.0509. The maximum atomic E-state index is 12.5. The molecule has 0 saturated carbocycles. The van der Waals surface area contributed by atoms with Crippen molar-refractivity contribution in [3.63, 3.8) is 0 Å². The van der Waals surface area contributed by atoms with Crippen molar-refractivity contribution in [3.8, 4) is 12.3 Å². The Morgan fingerprint density at radius 2 is 1.83 bits per heavy atom. The highest BCUT2D eigenvalue weighted by Crippen LogP contribution is 2.13. The fourth-order valence-electron chi connectivity index (χ4n) is 2.74. The summed E-state index contributed by atoms with van der Waals surface area (Å²) in [6, 6.07) is 13.5. The first-order chi connectivity index (χ1) is 14.0. The molecule has 3 rings (SSSR count). The number of carbonyl (C=O) groups excluding carboxylic acids is 1. The van der Waals surface area contributed by atoms with Crippen LogP contribution in [0.15, 0.2) is 72.1 Å². The smallest absolute Gasteiger partial charge is 0.251 e. The molecule has 1 amide bonds. The Hall–Kier alpha value is -3.41. The predicted molar refractivity (Wildman–Crippen MR) is 109 cm³/mol. The van der Waals surface area contributed by atoms with E-state index in [1.165, 1.54) is 24.3 Å². The third kappa shape index (κ3) is 5.31. The zero-order valence-electron chi connectivity index (χ0n) is 15.6. The van der Waals surface area contributed by atoms with Gasteiger partial charge in [-0.25, -0.2) is 13.4 Å². The van der Waals surface area contributed by atoms with Gasteiger partial charge in [-0.05, 0) is 35.4 Å². The quantitative estimate of drug-likeness (QED) is 0.556. The number of sulfonamides is 1. The van der Waals surface area contributed by atoms with Crippen LogP contribution in [0, 0.1) is 12.3 Å². The van der Waals surface area contributed by atoms with Gasteiger partial charge in [-0.1, -0.05) is 30.2 Å². The number of amides is 1. The number of hydrogen-bond donors (Lipinski definition) is 2. The van der Waals surface area contributed by atoms with Gasteiger partial charge in [-0.15, -0.1) is 6.42 Å². The van der Waals surface area contributed by atoms with Crippen LogP contribution in [0.3, 0.4) is 0 Å². The minimum Gasteiger partial charge on any atom is -0.348 e. The number of nitrogens with zero attached hydrogens (tertiary/aromatic N) is 2. The largest absolute Gasteiger partial charge is 0.348 e. The van der Waals surface area contributed by atoms with Crippen LogP contribution in [0.25, 0.3) is 0 Å². The van der Waals surface area contributed by atoms with Gasteiger partial charge in [0.15, 0.2) is 0 Å². The van der Waals surface area contributed by atoms with Gasteiger partial charge in [0.25, 0.3) is 5.91 Å². The van der Waals surface area contributed by atoms with Gasteiger partial charge in [-0.2, -0.15) is 4.72 Å². The molecule has 148 valence electrons. The second-order valence-electron chi connectivity index (χ2n) is 6.24. The predicted octanol–water partition coefficient (Wildman–Crippen LogP) is 1.77. The summed E-state index contributed by atoms with van der Waals surface area (Å²) >= 11 is 0. The van der Waals surface area contributed by atoms with Crippen LogP contribution >= 0.6 is 0 Å². The highest BCUT2D eigenvalue weighted by molar-refractivity contribution is 7.89. The molecule has 0 aliphatic carbocycles. The molecule has 0 spiro atoms. The van der Waals surface area contributed by atoms with Crippen LogP contribution in [-0.4, -0.2) is 30.4 Å². The standard InChI is InChI=1S/C21H20N4O3S/c1-2-11-24-29(27,28)20-9-7-17(8-10-20)21(26)23-14-18-5-3-4-6-19(18)15-25-13-12-22-16-25/h1,3-10,12-13,16,24H,11,14-15H2,(H,23,26). The first-order valence-corrected chi connectivity index (χ1v) is 10.3. The molecule has 0 bridgehead atoms. The van der Waals surface area contributed by atoms with Crippen LogP contribution < -0.4 is 10.0 Å². The van der Waals surface area contributed by atoms with Gasteiger partial charge in [0.1, 0.15) is 0 Å². The maximum Gasteiger partial charge on any atom is 0.251 e. The molecule has 0 aliphatic rings. The molecule has 7 nitrogen and oxygen atoms in total. The molecule has 0 saturated heterocycles. The molecule has 0 fully saturated rings. The Kier molecular flexibility index (Phi) is 6.44. The summed E-state index contributed by atoms with van der Waals surface area (Å²) in [7, 11) is -3.68. The lowest BCUT2D eigenvalue weighted by molar-refractivity contribution is 0.0950. The van der Waals surface area contributed by atoms with Crippen molar-refractivity contribution >= 4 is 15.9 Å². The topological polar surface area (TPSA) is 93.1 Å². The molecular formula is C21H20N4O3S. The Balaban J connectivity index is 1.65. The van der Waals surface area contributed by atoms with Crippen molar-refractivity contribution < 1.29 is 13.2 Å². The van der Waals surface area contributed by atoms with Crippen molar-refractivity contribution in [2.24, 2.45) is 0 Å². The molecule has 1 heterocycles. The number of rotatable bonds is 8. The summed E-state index contributed by atoms with van der Waals surface area (Å²) in [6.07, 6.45) is 10.4. The Labute approximate surface area is 169 Å². The van der Waals surface area contributed by atoms with Crippen LogP contribution in [0.5, 0.6) is 0 Å². The number of hydrogen-bond acceptors (Lipinski definition) is 4. The Bertz CT molecular complexity index is 1120. The average Bonchev–Trinajstić information content (AvgIpc) is 3.24. The summed E-state index contributed by atoms with van der Waals surface area (Å²) in [5.41, 5.74) is 2.44. The number of benzene rings is 2. The summed E-state index contributed by atoms with van der Waals surface area (Å²) in [4.78, 5) is 16.6. The van der Waals surface area contributed by atoms with Crippen molar-refractivity contribution in [2.75, 3.05) is 6.54 Å². The molecule has 0 unspecified atom stereocenters. The van der Waals surface area contributed by atoms with Gasteiger partial charge >= 0.3 is 0 Å². The number of carbonyl (C=O) groups is 1. The number of terminal acetylenes is 1. The number of nitrogens with one attached hydrogen (secondary N) is 2. The van der Waals surface area contributed by atoms with E-state index in [1.54, 1.807) is 12.5 Å². The highest BCUT2D eigenvalue weighted by atomic mass is 32.2. The number of aromatic nitrogens is 2. The van der Waals surface area contributed by atoms with E-state index in [0.717, 1.165) is 11.1 Å². The van der Waals surface area contributed by atoms with Gasteiger partial charge in [0, 0.05) is 31.0 Å². The van der Waals surface area contributed by atoms with E-state index in [1.807, 2.05) is 35.0 Å². The highest BCUT2D eigenvalue weighted by Gasteiger charge is 2.14. The molecular weight excluding hydrogens is 388 g/mol. The van der Waals surface area contributed by atoms with Crippen molar-refractivity contribution in [1.29, 1.82) is 0 Å². The number of imidazole rings is 1. The zero-order chi connectivity index (χ0) is 20.7. The third-order valence-electron chi connectivity index (χ3n) is 4.26. The first kappa shape index (κ1) is 20.3. The normalized spacial score (nSPS) is 11.0. The monoisotopic (exact) mass is 408 g/mol. The Morgan fingerprint density at radius 3 is 2.48 bits per heavy atom. The minimum atomic E-state index is -3.68. The molecule has 2 aromatic carbocycles. The second kappa shape index (κ2) is 9.19. The fraction of sp³-hybridized carbons (Fsp3) is 0.143. The molecule has 8 heteroatoms. The van der Waals surface area contributed by atoms with E-state index in [4.69, 9.17) is 6.42 Å². The molecule has 1 aromatic heterocycles. The van der Waals surface area contributed by atoms with Crippen LogP contribution in [-0.2, 0) is 23.1 Å². The van der Waals surface area contributed by atoms with E-state index < -0.39 is 10.0 Å². The fourth-order valence-corrected chi connectivity index (χ4v) is 3.68. The average molecular weight is 408 g/mol. The van der Waals surface area contributed by atoms with Gasteiger partial charge in [0.2, 0.25) is 10.0 Å². The maximum absolute atomic E-state index is 12.5. The van der Waals surface area contributed by atoms with Crippen molar-refractivity contribution in [2.45, 2.75) is 18.0 Å². The first-order valence-electron chi connectivity index (χ1n) is 8.83. The van der Waals surface area contributed by atoms with Crippen LogP contribution in [0.4, 0.5) is 0 Å². The molecule has 0 radical (unpaired) electrons. The SMILES string of the molecule is C#CCNS(=O)(=O)c1ccc(C(=O)NCc2ccccc2Cn2ccnc2)cc1. The van der Waals surface area contributed by atoms with Crippen LogP contribution in [0.1, 0.15) is 21.5 Å². The van der Waals surface area contributed by atoms with Gasteiger partial charge in [0.05, 0.1) is 17.8 Å². The van der Waals surface area contributed by atoms with Crippen molar-refractivity contribution in [3.05, 3.63) is 83.9 Å². The molecule has 29 heavy (non-hydrogen) atoms. The van der Waals surface area contributed by atoms with E-state index in [9.17, 15) is 13.2 Å². The van der Waals surface area contributed by atoms with Gasteiger partial charge in [-0.3, -0.25) is 4.79 Å². The lowest BCUT2D eigenvalue weighted by Gasteiger charge is -2.12. The molecule has 0 aliphatic heterocycles. The summed E-state index contributed by atoms with van der Waals surface area (Å²) in [5, 5.41) is 2.87. The summed E-state index contributed by atoms with van der Waals surface area (Å²) < 4.78 is 28.3. The van der Waals surface area contributed by atoms with Crippen molar-refractivity contribution in [1.82, 2.24) is 19.6 Å². The molecule has 3 aromatic rings. The molecule has 0 atom stereocenters. The van der Waals surface area contributed by atoms with E-state index in [0.29, 0.717) is 18.7 Å². The lowest BCUT2D eigenvalue weighted by atomic mass is 10.1. The third-order valence-corrected chi connectivity index (χ3v) is 5.68. The Morgan fingerprint density at radius 1 is 1.10 bits per heavy atom. The van der Waals surface area contributed by atoms with Gasteiger partial charge < -0.3 is 9.88 Å². The van der Waals surface area contributed by atoms with E-state index in [2.05, 4.69) is 20.9 Å². The molecule has 2 N–H and O–H groups in total. The lowest BCUT2D eigenvalue weighted by Crippen LogP contribution is -2.25. The van der Waals surface area contributed by atoms with E-state index in [-0.39, 0.29) is 17.3 Å².